The van der Waals surface area contributed by atoms with Crippen LogP contribution in [0.2, 0.25) is 0 Å². The first kappa shape index (κ1) is 17.8. The number of nitrogens with one attached hydrogen (secondary N) is 2. The van der Waals surface area contributed by atoms with Crippen LogP contribution in [-0.4, -0.2) is 40.1 Å². The van der Waals surface area contributed by atoms with Crippen molar-refractivity contribution in [2.45, 2.75) is 35.8 Å². The summed E-state index contributed by atoms with van der Waals surface area (Å²) < 4.78 is 36.6. The Kier molecular flexibility index (Phi) is 5.36. The Morgan fingerprint density at radius 1 is 1.48 bits per heavy atom. The van der Waals surface area contributed by atoms with Crippen LogP contribution in [0.15, 0.2) is 4.34 Å². The van der Waals surface area contributed by atoms with Crippen LogP contribution in [0.1, 0.15) is 19.8 Å². The lowest BCUT2D eigenvalue weighted by Crippen LogP contribution is -2.47. The molecule has 1 heterocycles. The molecule has 23 heavy (non-hydrogen) atoms. The highest BCUT2D eigenvalue weighted by Crippen LogP contribution is 2.39. The van der Waals surface area contributed by atoms with Crippen molar-refractivity contribution in [3.63, 3.8) is 0 Å². The fraction of sp³-hybridized carbons (Fsp3) is 0.667. The van der Waals surface area contributed by atoms with Crippen LogP contribution in [-0.2, 0) is 4.79 Å². The van der Waals surface area contributed by atoms with E-state index in [0.29, 0.717) is 4.34 Å². The van der Waals surface area contributed by atoms with Gasteiger partial charge in [-0.1, -0.05) is 23.1 Å². The first-order valence-corrected chi connectivity index (χ1v) is 8.51. The van der Waals surface area contributed by atoms with E-state index in [9.17, 15) is 18.0 Å². The average molecular weight is 365 g/mol. The number of hydrogen-bond acceptors (Lipinski definition) is 7. The van der Waals surface area contributed by atoms with Gasteiger partial charge >= 0.3 is 6.18 Å². The Balaban J connectivity index is 1.78. The predicted molar refractivity (Wildman–Crippen MR) is 80.1 cm³/mol. The van der Waals surface area contributed by atoms with E-state index in [1.54, 1.807) is 6.92 Å². The molecule has 2 N–H and O–H groups in total. The maximum atomic E-state index is 12.1. The van der Waals surface area contributed by atoms with Gasteiger partial charge in [0.1, 0.15) is 12.1 Å². The number of halogens is 3. The molecule has 1 unspecified atom stereocenters. The second kappa shape index (κ2) is 6.92. The molecule has 1 amide bonds. The third kappa shape index (κ3) is 5.54. The van der Waals surface area contributed by atoms with E-state index in [1.807, 2.05) is 0 Å². The van der Waals surface area contributed by atoms with Crippen molar-refractivity contribution in [1.29, 1.82) is 5.26 Å². The van der Waals surface area contributed by atoms with E-state index >= 15 is 0 Å². The van der Waals surface area contributed by atoms with Gasteiger partial charge in [-0.3, -0.25) is 4.79 Å². The van der Waals surface area contributed by atoms with Crippen molar-refractivity contribution in [1.82, 2.24) is 15.5 Å². The number of carbonyl (C=O) groups is 1. The minimum Gasteiger partial charge on any atom is -0.351 e. The SMILES string of the molecule is CC(C#N)(NC(=O)CSc1nnc(NCC(F)(F)F)s1)C1CC1. The van der Waals surface area contributed by atoms with Gasteiger partial charge < -0.3 is 10.6 Å². The molecular formula is C12H14F3N5OS2. The number of anilines is 1. The number of hydrogen-bond donors (Lipinski definition) is 2. The van der Waals surface area contributed by atoms with Gasteiger partial charge in [-0.15, -0.1) is 10.2 Å². The van der Waals surface area contributed by atoms with E-state index in [1.165, 1.54) is 0 Å². The summed E-state index contributed by atoms with van der Waals surface area (Å²) in [6.07, 6.45) is -2.49. The van der Waals surface area contributed by atoms with E-state index in [-0.39, 0.29) is 22.7 Å². The van der Waals surface area contributed by atoms with Crippen LogP contribution in [0.25, 0.3) is 0 Å². The molecule has 1 aliphatic carbocycles. The topological polar surface area (TPSA) is 90.7 Å². The van der Waals surface area contributed by atoms with Gasteiger partial charge in [0, 0.05) is 0 Å². The fourth-order valence-electron chi connectivity index (χ4n) is 1.85. The highest BCUT2D eigenvalue weighted by Gasteiger charge is 2.42. The largest absolute Gasteiger partial charge is 0.405 e. The number of nitrogens with zero attached hydrogens (tertiary/aromatic N) is 3. The molecule has 0 aliphatic heterocycles. The molecule has 1 aromatic rings. The monoisotopic (exact) mass is 365 g/mol. The molecule has 0 aromatic carbocycles. The number of aromatic nitrogens is 2. The van der Waals surface area contributed by atoms with Gasteiger partial charge in [-0.2, -0.15) is 18.4 Å². The first-order chi connectivity index (χ1) is 10.7. The third-order valence-corrected chi connectivity index (χ3v) is 5.21. The molecule has 1 saturated carbocycles. The predicted octanol–water partition coefficient (Wildman–Crippen LogP) is 2.41. The van der Waals surface area contributed by atoms with Crippen LogP contribution >= 0.6 is 23.1 Å². The summed E-state index contributed by atoms with van der Waals surface area (Å²) in [6, 6.07) is 2.12. The number of thioether (sulfide) groups is 1. The number of amides is 1. The van der Waals surface area contributed by atoms with Crippen LogP contribution in [0, 0.1) is 17.2 Å². The van der Waals surface area contributed by atoms with Crippen LogP contribution in [0.3, 0.4) is 0 Å². The Hall–Kier alpha value is -1.54. The van der Waals surface area contributed by atoms with Gasteiger partial charge in [-0.25, -0.2) is 0 Å². The Morgan fingerprint density at radius 3 is 2.74 bits per heavy atom. The van der Waals surface area contributed by atoms with Gasteiger partial charge in [0.05, 0.1) is 11.8 Å². The summed E-state index contributed by atoms with van der Waals surface area (Å²) in [5, 5.41) is 21.3. The normalized spacial score (nSPS) is 17.2. The van der Waals surface area contributed by atoms with E-state index in [2.05, 4.69) is 26.9 Å². The van der Waals surface area contributed by atoms with Gasteiger partial charge in [0.25, 0.3) is 0 Å². The molecular weight excluding hydrogens is 351 g/mol. The molecule has 0 spiro atoms. The maximum absolute atomic E-state index is 12.1. The zero-order valence-corrected chi connectivity index (χ0v) is 13.7. The summed E-state index contributed by atoms with van der Waals surface area (Å²) in [4.78, 5) is 11.9. The minimum atomic E-state index is -4.33. The summed E-state index contributed by atoms with van der Waals surface area (Å²) in [5.74, 6) is -0.107. The minimum absolute atomic E-state index is 0.0257. The number of alkyl halides is 3. The highest BCUT2D eigenvalue weighted by atomic mass is 32.2. The molecule has 1 aromatic heterocycles. The fourth-order valence-corrected chi connectivity index (χ4v) is 3.40. The van der Waals surface area contributed by atoms with Crippen molar-refractivity contribution < 1.29 is 18.0 Å². The number of rotatable bonds is 7. The summed E-state index contributed by atoms with van der Waals surface area (Å²) in [6.45, 7) is 0.506. The van der Waals surface area contributed by atoms with Crippen molar-refractivity contribution >= 4 is 34.1 Å². The van der Waals surface area contributed by atoms with Crippen LogP contribution in [0.5, 0.6) is 0 Å². The van der Waals surface area contributed by atoms with Gasteiger partial charge in [-0.05, 0) is 25.7 Å². The van der Waals surface area contributed by atoms with Crippen molar-refractivity contribution in [2.24, 2.45) is 5.92 Å². The lowest BCUT2D eigenvalue weighted by Gasteiger charge is -2.22. The second-order valence-corrected chi connectivity index (χ2v) is 7.47. The lowest BCUT2D eigenvalue weighted by molar-refractivity contribution is -0.120. The molecule has 126 valence electrons. The molecule has 0 saturated heterocycles. The Labute approximate surface area is 138 Å². The van der Waals surface area contributed by atoms with Crippen LogP contribution < -0.4 is 10.6 Å². The van der Waals surface area contributed by atoms with Crippen molar-refractivity contribution in [3.8, 4) is 6.07 Å². The molecule has 1 aliphatic rings. The molecule has 1 fully saturated rings. The Morgan fingerprint density at radius 2 is 2.17 bits per heavy atom. The summed E-state index contributed by atoms with van der Waals surface area (Å²) in [5.41, 5.74) is -0.863. The molecule has 2 rings (SSSR count). The number of carbonyl (C=O) groups excluding carboxylic acids is 1. The highest BCUT2D eigenvalue weighted by molar-refractivity contribution is 8.01. The van der Waals surface area contributed by atoms with E-state index in [4.69, 9.17) is 5.26 Å². The molecule has 0 radical (unpaired) electrons. The second-order valence-electron chi connectivity index (χ2n) is 5.27. The molecule has 11 heteroatoms. The first-order valence-electron chi connectivity index (χ1n) is 6.71. The smallest absolute Gasteiger partial charge is 0.351 e. The van der Waals surface area contributed by atoms with E-state index in [0.717, 1.165) is 35.9 Å². The Bertz CT molecular complexity index is 611. The zero-order valence-electron chi connectivity index (χ0n) is 12.1. The molecule has 0 bridgehead atoms. The van der Waals surface area contributed by atoms with Gasteiger partial charge in [0.15, 0.2) is 4.34 Å². The average Bonchev–Trinajstić information content (AvgIpc) is 3.23. The van der Waals surface area contributed by atoms with Crippen LogP contribution in [0.4, 0.5) is 18.3 Å². The lowest BCUT2D eigenvalue weighted by atomic mass is 9.98. The zero-order chi connectivity index (χ0) is 17.1. The van der Waals surface area contributed by atoms with Crippen molar-refractivity contribution in [2.75, 3.05) is 17.6 Å². The molecule has 6 nitrogen and oxygen atoms in total. The summed E-state index contributed by atoms with van der Waals surface area (Å²) >= 11 is 2.01. The summed E-state index contributed by atoms with van der Waals surface area (Å²) in [7, 11) is 0. The standard InChI is InChI=1S/C12H14F3N5OS2/c1-11(5-16,7-2-3-7)18-8(21)4-22-10-20-19-9(23-10)17-6-12(13,14)15/h7H,2-4,6H2,1H3,(H,17,19)(H,18,21). The van der Waals surface area contributed by atoms with Crippen molar-refractivity contribution in [3.05, 3.63) is 0 Å². The van der Waals surface area contributed by atoms with E-state index < -0.39 is 18.3 Å². The number of nitriles is 1. The maximum Gasteiger partial charge on any atom is 0.405 e. The third-order valence-electron chi connectivity index (χ3n) is 3.20. The van der Waals surface area contributed by atoms with Gasteiger partial charge in [0.2, 0.25) is 11.0 Å². The molecule has 1 atom stereocenters. The quantitative estimate of drug-likeness (QED) is 0.721.